The molecule has 0 spiro atoms. The monoisotopic (exact) mass is 443 g/mol. The maximum absolute atomic E-state index is 12.5. The lowest BCUT2D eigenvalue weighted by Crippen LogP contribution is -2.29. The number of anilines is 2. The van der Waals surface area contributed by atoms with Crippen LogP contribution in [-0.2, 0) is 9.59 Å². The summed E-state index contributed by atoms with van der Waals surface area (Å²) in [6.07, 6.45) is 1.76. The first-order chi connectivity index (χ1) is 14.2. The van der Waals surface area contributed by atoms with Gasteiger partial charge in [0.15, 0.2) is 0 Å². The van der Waals surface area contributed by atoms with Crippen molar-refractivity contribution in [2.24, 2.45) is 5.73 Å². The maximum atomic E-state index is 12.5. The fraction of sp³-hybridized carbons (Fsp3) is 0.316. The standard InChI is InChI=1S/C19H21ClF3N5O2/c1-2-3-4-5-6-13(24)17-27-15(16(20)28-17)12-8-7-11(9-14(12)25-10-29)26-18(30)19(21,22)23/h4-5,7-10,13H,2-3,6,24H2,1H3,(H,25,29)(H,26,30)(H,27,28)/b5-4+. The number of alkyl halides is 3. The van der Waals surface area contributed by atoms with Crippen LogP contribution >= 0.6 is 11.6 Å². The number of aromatic nitrogens is 2. The van der Waals surface area contributed by atoms with Gasteiger partial charge in [0.1, 0.15) is 16.7 Å². The van der Waals surface area contributed by atoms with Crippen molar-refractivity contribution in [3.63, 3.8) is 0 Å². The van der Waals surface area contributed by atoms with E-state index in [0.29, 0.717) is 24.2 Å². The van der Waals surface area contributed by atoms with E-state index in [1.807, 2.05) is 12.2 Å². The van der Waals surface area contributed by atoms with Crippen LogP contribution in [0.2, 0.25) is 5.15 Å². The average molecular weight is 444 g/mol. The number of rotatable bonds is 9. The molecule has 0 aliphatic rings. The van der Waals surface area contributed by atoms with E-state index in [9.17, 15) is 22.8 Å². The number of halogens is 4. The number of H-pyrrole nitrogens is 1. The molecule has 0 aliphatic carbocycles. The molecule has 2 rings (SSSR count). The summed E-state index contributed by atoms with van der Waals surface area (Å²) in [4.78, 5) is 29.3. The molecule has 0 saturated carbocycles. The van der Waals surface area contributed by atoms with Crippen LogP contribution in [0.4, 0.5) is 24.5 Å². The second-order valence-corrected chi connectivity index (χ2v) is 6.74. The van der Waals surface area contributed by atoms with Gasteiger partial charge in [0, 0.05) is 11.3 Å². The number of unbranched alkanes of at least 4 members (excludes halogenated alkanes) is 1. The van der Waals surface area contributed by atoms with Gasteiger partial charge in [0.05, 0.1) is 11.7 Å². The van der Waals surface area contributed by atoms with Gasteiger partial charge in [-0.05, 0) is 31.0 Å². The van der Waals surface area contributed by atoms with Gasteiger partial charge in [-0.3, -0.25) is 9.59 Å². The number of carbonyl (C=O) groups excluding carboxylic acids is 2. The lowest BCUT2D eigenvalue weighted by molar-refractivity contribution is -0.167. The molecule has 0 fully saturated rings. The summed E-state index contributed by atoms with van der Waals surface area (Å²) in [7, 11) is 0. The van der Waals surface area contributed by atoms with Gasteiger partial charge in [0.2, 0.25) is 6.41 Å². The number of allylic oxidation sites excluding steroid dienone is 1. The molecular formula is C19H21ClF3N5O2. The van der Waals surface area contributed by atoms with Gasteiger partial charge in [-0.1, -0.05) is 37.1 Å². The van der Waals surface area contributed by atoms with E-state index in [0.717, 1.165) is 12.8 Å². The molecule has 30 heavy (non-hydrogen) atoms. The molecule has 162 valence electrons. The van der Waals surface area contributed by atoms with Crippen LogP contribution in [0.5, 0.6) is 0 Å². The van der Waals surface area contributed by atoms with Crippen LogP contribution < -0.4 is 16.4 Å². The zero-order valence-electron chi connectivity index (χ0n) is 16.0. The topological polar surface area (TPSA) is 113 Å². The highest BCUT2D eigenvalue weighted by Crippen LogP contribution is 2.35. The van der Waals surface area contributed by atoms with Crippen molar-refractivity contribution in [2.75, 3.05) is 10.6 Å². The summed E-state index contributed by atoms with van der Waals surface area (Å²) < 4.78 is 37.4. The summed E-state index contributed by atoms with van der Waals surface area (Å²) in [5.41, 5.74) is 6.68. The quantitative estimate of drug-likeness (QED) is 0.336. The highest BCUT2D eigenvalue weighted by molar-refractivity contribution is 6.32. The molecular weight excluding hydrogens is 423 g/mol. The Morgan fingerprint density at radius 2 is 2.10 bits per heavy atom. The molecule has 2 aromatic rings. The smallest absolute Gasteiger partial charge is 0.331 e. The fourth-order valence-corrected chi connectivity index (χ4v) is 2.82. The van der Waals surface area contributed by atoms with Gasteiger partial charge in [-0.2, -0.15) is 13.2 Å². The molecule has 1 heterocycles. The van der Waals surface area contributed by atoms with Crippen molar-refractivity contribution >= 4 is 35.3 Å². The number of hydrogen-bond donors (Lipinski definition) is 4. The van der Waals surface area contributed by atoms with Gasteiger partial charge in [-0.25, -0.2) is 4.98 Å². The van der Waals surface area contributed by atoms with E-state index in [-0.39, 0.29) is 22.2 Å². The van der Waals surface area contributed by atoms with Crippen molar-refractivity contribution in [1.82, 2.24) is 9.97 Å². The first kappa shape index (κ1) is 23.4. The van der Waals surface area contributed by atoms with E-state index in [1.54, 1.807) is 5.32 Å². The molecule has 0 saturated heterocycles. The summed E-state index contributed by atoms with van der Waals surface area (Å²) >= 11 is 6.24. The maximum Gasteiger partial charge on any atom is 0.471 e. The average Bonchev–Trinajstić information content (AvgIpc) is 3.06. The molecule has 2 amide bonds. The molecule has 1 aromatic heterocycles. The Morgan fingerprint density at radius 1 is 1.37 bits per heavy atom. The van der Waals surface area contributed by atoms with Crippen LogP contribution in [-0.4, -0.2) is 28.5 Å². The first-order valence-corrected chi connectivity index (χ1v) is 9.43. The summed E-state index contributed by atoms with van der Waals surface area (Å²) in [6.45, 7) is 2.06. The van der Waals surface area contributed by atoms with Gasteiger partial charge >= 0.3 is 12.1 Å². The molecule has 0 aliphatic heterocycles. The number of amides is 2. The normalized spacial score (nSPS) is 12.7. The second-order valence-electron chi connectivity index (χ2n) is 6.36. The fourth-order valence-electron chi connectivity index (χ4n) is 2.58. The molecule has 5 N–H and O–H groups in total. The minimum atomic E-state index is -5.04. The van der Waals surface area contributed by atoms with Crippen LogP contribution in [0.3, 0.4) is 0 Å². The van der Waals surface area contributed by atoms with Gasteiger partial charge < -0.3 is 21.4 Å². The SMILES string of the molecule is CCC/C=C/CC(N)c1nc(-c2ccc(NC(=O)C(F)(F)F)cc2NC=O)c(Cl)[nH]1. The van der Waals surface area contributed by atoms with Crippen LogP contribution in [0.15, 0.2) is 30.4 Å². The van der Waals surface area contributed by atoms with E-state index >= 15 is 0 Å². The van der Waals surface area contributed by atoms with Crippen molar-refractivity contribution < 1.29 is 22.8 Å². The summed E-state index contributed by atoms with van der Waals surface area (Å²) in [6, 6.07) is 3.35. The molecule has 7 nitrogen and oxygen atoms in total. The lowest BCUT2D eigenvalue weighted by atomic mass is 10.1. The Hall–Kier alpha value is -2.85. The Morgan fingerprint density at radius 3 is 2.73 bits per heavy atom. The van der Waals surface area contributed by atoms with Gasteiger partial charge in [0.25, 0.3) is 0 Å². The zero-order valence-corrected chi connectivity index (χ0v) is 16.8. The van der Waals surface area contributed by atoms with Crippen LogP contribution in [0, 0.1) is 0 Å². The summed E-state index contributed by atoms with van der Waals surface area (Å²) in [5, 5.41) is 4.25. The van der Waals surface area contributed by atoms with E-state index in [2.05, 4.69) is 22.2 Å². The lowest BCUT2D eigenvalue weighted by Gasteiger charge is -2.12. The van der Waals surface area contributed by atoms with Crippen molar-refractivity contribution in [1.29, 1.82) is 0 Å². The number of nitrogens with one attached hydrogen (secondary N) is 3. The third kappa shape index (κ3) is 6.07. The number of hydrogen-bond acceptors (Lipinski definition) is 4. The molecule has 11 heteroatoms. The Kier molecular flexibility index (Phi) is 8.01. The van der Waals surface area contributed by atoms with Crippen molar-refractivity contribution in [3.05, 3.63) is 41.3 Å². The minimum absolute atomic E-state index is 0.112. The molecule has 1 aromatic carbocycles. The van der Waals surface area contributed by atoms with Gasteiger partial charge in [-0.15, -0.1) is 0 Å². The number of carbonyl (C=O) groups is 2. The number of imidazole rings is 1. The third-order valence-corrected chi connectivity index (χ3v) is 4.32. The molecule has 1 unspecified atom stereocenters. The number of aromatic amines is 1. The first-order valence-electron chi connectivity index (χ1n) is 9.06. The highest BCUT2D eigenvalue weighted by atomic mass is 35.5. The van der Waals surface area contributed by atoms with E-state index in [4.69, 9.17) is 17.3 Å². The molecule has 0 radical (unpaired) electrons. The Bertz CT molecular complexity index is 927. The molecule has 1 atom stereocenters. The Balaban J connectivity index is 2.31. The zero-order chi connectivity index (χ0) is 22.3. The second kappa shape index (κ2) is 10.3. The minimum Gasteiger partial charge on any atom is -0.331 e. The van der Waals surface area contributed by atoms with Crippen molar-refractivity contribution in [2.45, 2.75) is 38.4 Å². The molecule has 0 bridgehead atoms. The third-order valence-electron chi connectivity index (χ3n) is 4.05. The van der Waals surface area contributed by atoms with Crippen LogP contribution in [0.25, 0.3) is 11.3 Å². The van der Waals surface area contributed by atoms with Crippen molar-refractivity contribution in [3.8, 4) is 11.3 Å². The number of benzene rings is 1. The summed E-state index contributed by atoms with van der Waals surface area (Å²) in [5.74, 6) is -1.71. The highest BCUT2D eigenvalue weighted by Gasteiger charge is 2.38. The van der Waals surface area contributed by atoms with E-state index in [1.165, 1.54) is 18.2 Å². The number of nitrogens with two attached hydrogens (primary N) is 1. The van der Waals surface area contributed by atoms with Crippen LogP contribution in [0.1, 0.15) is 38.1 Å². The predicted molar refractivity (Wildman–Crippen MR) is 109 cm³/mol. The predicted octanol–water partition coefficient (Wildman–Crippen LogP) is 4.55. The Labute approximate surface area is 175 Å². The van der Waals surface area contributed by atoms with E-state index < -0.39 is 18.1 Å². The number of nitrogens with zero attached hydrogens (tertiary/aromatic N) is 1. The largest absolute Gasteiger partial charge is 0.471 e.